The predicted octanol–water partition coefficient (Wildman–Crippen LogP) is 0.795. The zero-order valence-corrected chi connectivity index (χ0v) is 10.8. The van der Waals surface area contributed by atoms with Crippen LogP contribution in [-0.4, -0.2) is 43.5 Å². The monoisotopic (exact) mass is 266 g/mol. The molecule has 1 N–H and O–H groups in total. The molecule has 1 fully saturated rings. The van der Waals surface area contributed by atoms with Crippen LogP contribution >= 0.6 is 0 Å². The fourth-order valence-corrected chi connectivity index (χ4v) is 2.00. The minimum Gasteiger partial charge on any atom is -0.497 e. The van der Waals surface area contributed by atoms with E-state index < -0.39 is 17.8 Å². The lowest BCUT2D eigenvalue weighted by atomic mass is 10.1. The van der Waals surface area contributed by atoms with E-state index in [4.69, 9.17) is 4.74 Å². The Morgan fingerprint density at radius 2 is 2.26 bits per heavy atom. The van der Waals surface area contributed by atoms with E-state index >= 15 is 0 Å². The number of likely N-dealkylation sites (N-methyl/N-ethyl adjacent to an activating group) is 1. The van der Waals surface area contributed by atoms with Gasteiger partial charge in [0.15, 0.2) is 0 Å². The van der Waals surface area contributed by atoms with E-state index in [9.17, 15) is 14.0 Å². The van der Waals surface area contributed by atoms with Gasteiger partial charge in [-0.25, -0.2) is 4.39 Å². The fourth-order valence-electron chi connectivity index (χ4n) is 2.00. The first-order valence-corrected chi connectivity index (χ1v) is 5.92. The highest BCUT2D eigenvalue weighted by atomic mass is 19.1. The van der Waals surface area contributed by atoms with Gasteiger partial charge in [-0.2, -0.15) is 0 Å². The maximum atomic E-state index is 13.7. The molecule has 1 aliphatic rings. The molecule has 0 spiro atoms. The lowest BCUT2D eigenvalue weighted by Crippen LogP contribution is -2.40. The van der Waals surface area contributed by atoms with Gasteiger partial charge in [0.25, 0.3) is 5.91 Å². The van der Waals surface area contributed by atoms with Crippen molar-refractivity contribution in [2.45, 2.75) is 12.5 Å². The number of amides is 2. The molecule has 1 aromatic rings. The molecule has 5 nitrogen and oxygen atoms in total. The van der Waals surface area contributed by atoms with E-state index in [0.29, 0.717) is 18.7 Å². The van der Waals surface area contributed by atoms with E-state index in [1.807, 2.05) is 0 Å². The first-order valence-electron chi connectivity index (χ1n) is 5.92. The highest BCUT2D eigenvalue weighted by molar-refractivity contribution is 5.98. The summed E-state index contributed by atoms with van der Waals surface area (Å²) in [6, 6.07) is 3.41. The smallest absolute Gasteiger partial charge is 0.254 e. The van der Waals surface area contributed by atoms with Crippen molar-refractivity contribution >= 4 is 11.8 Å². The number of methoxy groups -OCH3 is 1. The van der Waals surface area contributed by atoms with Crippen molar-refractivity contribution in [1.82, 2.24) is 10.2 Å². The van der Waals surface area contributed by atoms with Gasteiger partial charge in [-0.15, -0.1) is 0 Å². The number of carbonyl (C=O) groups is 2. The van der Waals surface area contributed by atoms with Crippen molar-refractivity contribution in [2.24, 2.45) is 0 Å². The van der Waals surface area contributed by atoms with Crippen LogP contribution in [0.4, 0.5) is 4.39 Å². The predicted molar refractivity (Wildman–Crippen MR) is 66.5 cm³/mol. The van der Waals surface area contributed by atoms with Crippen molar-refractivity contribution in [3.8, 4) is 5.75 Å². The van der Waals surface area contributed by atoms with Gasteiger partial charge in [0.2, 0.25) is 5.91 Å². The third-order valence-electron chi connectivity index (χ3n) is 3.15. The summed E-state index contributed by atoms with van der Waals surface area (Å²) in [6.45, 7) is 0.592. The molecule has 102 valence electrons. The highest BCUT2D eigenvalue weighted by Gasteiger charge is 2.30. The second kappa shape index (κ2) is 5.26. The Hall–Kier alpha value is -2.11. The normalized spacial score (nSPS) is 18.6. The number of hydrogen-bond acceptors (Lipinski definition) is 3. The molecule has 0 saturated carbocycles. The maximum Gasteiger partial charge on any atom is 0.254 e. The number of benzene rings is 1. The van der Waals surface area contributed by atoms with Gasteiger partial charge in [-0.1, -0.05) is 0 Å². The van der Waals surface area contributed by atoms with Crippen LogP contribution in [-0.2, 0) is 4.79 Å². The lowest BCUT2D eigenvalue weighted by Gasteiger charge is -2.12. The Labute approximate surface area is 110 Å². The van der Waals surface area contributed by atoms with Crippen molar-refractivity contribution < 1.29 is 18.7 Å². The van der Waals surface area contributed by atoms with Gasteiger partial charge in [-0.05, 0) is 18.6 Å². The Balaban J connectivity index is 2.10. The van der Waals surface area contributed by atoms with Gasteiger partial charge in [-0.3, -0.25) is 9.59 Å². The van der Waals surface area contributed by atoms with Crippen LogP contribution in [0.5, 0.6) is 5.75 Å². The minimum absolute atomic E-state index is 0.0943. The quantitative estimate of drug-likeness (QED) is 0.880. The Morgan fingerprint density at radius 1 is 1.53 bits per heavy atom. The summed E-state index contributed by atoms with van der Waals surface area (Å²) in [4.78, 5) is 25.1. The zero-order valence-electron chi connectivity index (χ0n) is 10.8. The summed E-state index contributed by atoms with van der Waals surface area (Å²) in [7, 11) is 3.09. The third kappa shape index (κ3) is 2.67. The molecule has 0 radical (unpaired) electrons. The van der Waals surface area contributed by atoms with E-state index in [2.05, 4.69) is 5.32 Å². The van der Waals surface area contributed by atoms with Crippen LogP contribution in [0.25, 0.3) is 0 Å². The van der Waals surface area contributed by atoms with E-state index in [0.717, 1.165) is 6.07 Å². The van der Waals surface area contributed by atoms with Crippen molar-refractivity contribution in [3.63, 3.8) is 0 Å². The Bertz CT molecular complexity index is 519. The number of carbonyl (C=O) groups excluding carboxylic acids is 2. The van der Waals surface area contributed by atoms with E-state index in [1.165, 1.54) is 24.1 Å². The highest BCUT2D eigenvalue weighted by Crippen LogP contribution is 2.17. The second-order valence-corrected chi connectivity index (χ2v) is 4.42. The van der Waals surface area contributed by atoms with Crippen molar-refractivity contribution in [1.29, 1.82) is 0 Å². The molecule has 0 aliphatic carbocycles. The second-order valence-electron chi connectivity index (χ2n) is 4.42. The first-order chi connectivity index (χ1) is 9.02. The van der Waals surface area contributed by atoms with Crippen LogP contribution in [0.2, 0.25) is 0 Å². The Kier molecular flexibility index (Phi) is 3.69. The molecule has 2 rings (SSSR count). The molecule has 1 aromatic carbocycles. The van der Waals surface area contributed by atoms with Gasteiger partial charge in [0, 0.05) is 19.7 Å². The number of nitrogens with zero attached hydrogens (tertiary/aromatic N) is 1. The maximum absolute atomic E-state index is 13.7. The van der Waals surface area contributed by atoms with E-state index in [-0.39, 0.29) is 11.5 Å². The zero-order chi connectivity index (χ0) is 14.0. The van der Waals surface area contributed by atoms with Crippen molar-refractivity contribution in [3.05, 3.63) is 29.6 Å². The average Bonchev–Trinajstić information content (AvgIpc) is 2.70. The number of likely N-dealkylation sites (tertiary alicyclic amines) is 1. The molecule has 1 heterocycles. The molecular weight excluding hydrogens is 251 g/mol. The van der Waals surface area contributed by atoms with Crippen LogP contribution in [0, 0.1) is 5.82 Å². The molecule has 1 saturated heterocycles. The summed E-state index contributed by atoms with van der Waals surface area (Å²) < 4.78 is 18.6. The number of halogens is 1. The largest absolute Gasteiger partial charge is 0.497 e. The molecule has 0 aromatic heterocycles. The summed E-state index contributed by atoms with van der Waals surface area (Å²) in [6.07, 6.45) is 0.541. The molecule has 6 heteroatoms. The average molecular weight is 266 g/mol. The number of ether oxygens (including phenoxy) is 1. The summed E-state index contributed by atoms with van der Waals surface area (Å²) in [5.41, 5.74) is -0.0943. The lowest BCUT2D eigenvalue weighted by molar-refractivity contribution is -0.128. The Morgan fingerprint density at radius 3 is 2.79 bits per heavy atom. The molecule has 1 aliphatic heterocycles. The molecule has 1 unspecified atom stereocenters. The molecular formula is C13H15FN2O3. The SMILES string of the molecule is COc1ccc(C(=O)NC2CCN(C)C2=O)c(F)c1. The van der Waals surface area contributed by atoms with Gasteiger partial charge in [0.1, 0.15) is 17.6 Å². The van der Waals surface area contributed by atoms with Crippen LogP contribution in [0.1, 0.15) is 16.8 Å². The van der Waals surface area contributed by atoms with E-state index in [1.54, 1.807) is 7.05 Å². The van der Waals surface area contributed by atoms with Crippen LogP contribution < -0.4 is 10.1 Å². The summed E-state index contributed by atoms with van der Waals surface area (Å²) >= 11 is 0. The van der Waals surface area contributed by atoms with Gasteiger partial charge >= 0.3 is 0 Å². The van der Waals surface area contributed by atoms with Gasteiger partial charge < -0.3 is 15.0 Å². The van der Waals surface area contributed by atoms with Gasteiger partial charge in [0.05, 0.1) is 12.7 Å². The number of nitrogens with one attached hydrogen (secondary N) is 1. The topological polar surface area (TPSA) is 58.6 Å². The van der Waals surface area contributed by atoms with Crippen LogP contribution in [0.3, 0.4) is 0 Å². The third-order valence-corrected chi connectivity index (χ3v) is 3.15. The number of hydrogen-bond donors (Lipinski definition) is 1. The molecule has 19 heavy (non-hydrogen) atoms. The summed E-state index contributed by atoms with van der Waals surface area (Å²) in [5.74, 6) is -1.07. The first kappa shape index (κ1) is 13.3. The molecule has 1 atom stereocenters. The van der Waals surface area contributed by atoms with Crippen LogP contribution in [0.15, 0.2) is 18.2 Å². The standard InChI is InChI=1S/C13H15FN2O3/c1-16-6-5-11(13(16)18)15-12(17)9-4-3-8(19-2)7-10(9)14/h3-4,7,11H,5-6H2,1-2H3,(H,15,17). The number of rotatable bonds is 3. The summed E-state index contributed by atoms with van der Waals surface area (Å²) in [5, 5.41) is 2.54. The minimum atomic E-state index is -0.671. The molecule has 2 amide bonds. The fraction of sp³-hybridized carbons (Fsp3) is 0.385. The molecule has 0 bridgehead atoms. The van der Waals surface area contributed by atoms with Crippen molar-refractivity contribution in [2.75, 3.05) is 20.7 Å².